The Labute approximate surface area is 117 Å². The van der Waals surface area contributed by atoms with E-state index in [1.807, 2.05) is 0 Å². The second-order valence-corrected chi connectivity index (χ2v) is 4.82. The molecule has 1 radical (unpaired) electrons. The number of carboxylic acids is 1. The molecule has 109 valence electrons. The molecule has 0 spiro atoms. The zero-order valence-electron chi connectivity index (χ0n) is 10.9. The van der Waals surface area contributed by atoms with Gasteiger partial charge in [0.1, 0.15) is 17.6 Å². The summed E-state index contributed by atoms with van der Waals surface area (Å²) >= 11 is 0. The van der Waals surface area contributed by atoms with Gasteiger partial charge >= 0.3 is 5.97 Å². The minimum atomic E-state index is -1.45. The van der Waals surface area contributed by atoms with Gasteiger partial charge in [-0.1, -0.05) is 0 Å². The summed E-state index contributed by atoms with van der Waals surface area (Å²) in [7, 11) is 1.27. The first-order valence-electron chi connectivity index (χ1n) is 6.16. The third-order valence-corrected chi connectivity index (χ3v) is 3.46. The standard InChI is InChI=1S/C14H10F2NO4/c1-21-11-3-6(15)2-7-12(11)17(10-4-9(10)16)5-8(13(7)18)14(19)20/h2,5,9-10H,4H2,1H3,(H,19,20)/t9-,10+/m0/s1. The van der Waals surface area contributed by atoms with Crippen molar-refractivity contribution in [3.8, 4) is 5.75 Å². The highest BCUT2D eigenvalue weighted by atomic mass is 19.1. The first kappa shape index (κ1) is 13.5. The molecule has 0 unspecified atom stereocenters. The van der Waals surface area contributed by atoms with Gasteiger partial charge in [-0.3, -0.25) is 4.79 Å². The van der Waals surface area contributed by atoms with E-state index in [0.29, 0.717) is 0 Å². The summed E-state index contributed by atoms with van der Waals surface area (Å²) in [6, 6.07) is 2.60. The number of aromatic nitrogens is 1. The predicted molar refractivity (Wildman–Crippen MR) is 69.1 cm³/mol. The van der Waals surface area contributed by atoms with Gasteiger partial charge < -0.3 is 14.4 Å². The topological polar surface area (TPSA) is 68.5 Å². The summed E-state index contributed by atoms with van der Waals surface area (Å²) < 4.78 is 33.2. The number of halogens is 2. The maximum absolute atomic E-state index is 13.5. The fourth-order valence-corrected chi connectivity index (χ4v) is 2.36. The molecule has 1 N–H and O–H groups in total. The Balaban J connectivity index is 2.45. The van der Waals surface area contributed by atoms with Gasteiger partial charge in [0, 0.05) is 12.6 Å². The zero-order chi connectivity index (χ0) is 15.3. The van der Waals surface area contributed by atoms with Gasteiger partial charge in [0.25, 0.3) is 0 Å². The molecule has 0 aliphatic heterocycles. The monoisotopic (exact) mass is 294 g/mol. The number of carbonyl (C=O) groups is 1. The van der Waals surface area contributed by atoms with Gasteiger partial charge in [-0.15, -0.1) is 0 Å². The number of fused-ring (bicyclic) bond motifs is 1. The third kappa shape index (κ3) is 2.05. The second-order valence-electron chi connectivity index (χ2n) is 4.82. The maximum atomic E-state index is 13.5. The molecule has 5 nitrogen and oxygen atoms in total. The van der Waals surface area contributed by atoms with Crippen molar-refractivity contribution in [1.82, 2.24) is 4.57 Å². The molecular formula is C14H10F2NO4. The molecule has 1 aromatic heterocycles. The van der Waals surface area contributed by atoms with Gasteiger partial charge in [0.2, 0.25) is 5.43 Å². The smallest absolute Gasteiger partial charge is 0.341 e. The van der Waals surface area contributed by atoms with Crippen molar-refractivity contribution >= 4 is 16.9 Å². The van der Waals surface area contributed by atoms with Gasteiger partial charge in [-0.05, 0) is 6.07 Å². The minimum Gasteiger partial charge on any atom is -0.494 e. The lowest BCUT2D eigenvalue weighted by Gasteiger charge is -2.14. The van der Waals surface area contributed by atoms with Gasteiger partial charge in [0.05, 0.1) is 30.1 Å². The van der Waals surface area contributed by atoms with Crippen molar-refractivity contribution in [2.24, 2.45) is 0 Å². The Kier molecular flexibility index (Phi) is 2.93. The van der Waals surface area contributed by atoms with Crippen molar-refractivity contribution in [2.45, 2.75) is 18.6 Å². The third-order valence-electron chi connectivity index (χ3n) is 3.46. The van der Waals surface area contributed by atoms with Crippen LogP contribution in [0.1, 0.15) is 22.8 Å². The van der Waals surface area contributed by atoms with Gasteiger partial charge in [-0.25, -0.2) is 13.6 Å². The van der Waals surface area contributed by atoms with Crippen LogP contribution >= 0.6 is 0 Å². The highest BCUT2D eigenvalue weighted by Gasteiger charge is 2.40. The van der Waals surface area contributed by atoms with Crippen molar-refractivity contribution in [1.29, 1.82) is 0 Å². The molecule has 1 saturated carbocycles. The molecular weight excluding hydrogens is 284 g/mol. The molecule has 1 aliphatic carbocycles. The Morgan fingerprint density at radius 1 is 1.57 bits per heavy atom. The fourth-order valence-electron chi connectivity index (χ4n) is 2.36. The Morgan fingerprint density at radius 2 is 2.24 bits per heavy atom. The number of alkyl halides is 1. The molecule has 1 fully saturated rings. The number of benzene rings is 1. The predicted octanol–water partition coefficient (Wildman–Crippen LogP) is 1.93. The molecule has 1 aromatic carbocycles. The molecule has 2 atom stereocenters. The summed E-state index contributed by atoms with van der Waals surface area (Å²) in [4.78, 5) is 23.3. The molecule has 0 amide bonds. The lowest BCUT2D eigenvalue weighted by molar-refractivity contribution is 0.0694. The number of ether oxygens (including phenoxy) is 1. The SMILES string of the molecule is COc1[c]c(F)cc2c(=O)c(C(=O)O)cn([C@@H]3C[C@@H]3F)c12. The summed E-state index contributed by atoms with van der Waals surface area (Å²) in [5.41, 5.74) is -1.22. The Morgan fingerprint density at radius 3 is 2.76 bits per heavy atom. The number of nitrogens with zero attached hydrogens (tertiary/aromatic N) is 1. The number of carboxylic acid groups (broad SMARTS) is 1. The maximum Gasteiger partial charge on any atom is 0.341 e. The van der Waals surface area contributed by atoms with E-state index in [1.165, 1.54) is 11.7 Å². The zero-order valence-corrected chi connectivity index (χ0v) is 10.9. The van der Waals surface area contributed by atoms with Crippen LogP contribution in [-0.2, 0) is 0 Å². The van der Waals surface area contributed by atoms with Crippen LogP contribution in [0.3, 0.4) is 0 Å². The van der Waals surface area contributed by atoms with E-state index in [9.17, 15) is 18.4 Å². The molecule has 1 aliphatic rings. The molecule has 0 saturated heterocycles. The van der Waals surface area contributed by atoms with E-state index < -0.39 is 35.0 Å². The summed E-state index contributed by atoms with van der Waals surface area (Å²) in [5.74, 6) is -2.35. The molecule has 2 aromatic rings. The van der Waals surface area contributed by atoms with Gasteiger partial charge in [0.15, 0.2) is 5.75 Å². The first-order valence-corrected chi connectivity index (χ1v) is 6.16. The average molecular weight is 294 g/mol. The van der Waals surface area contributed by atoms with E-state index in [2.05, 4.69) is 6.07 Å². The molecule has 1 heterocycles. The van der Waals surface area contributed by atoms with E-state index in [-0.39, 0.29) is 23.1 Å². The van der Waals surface area contributed by atoms with Crippen molar-refractivity contribution in [2.75, 3.05) is 7.11 Å². The van der Waals surface area contributed by atoms with E-state index >= 15 is 0 Å². The number of hydrogen-bond acceptors (Lipinski definition) is 3. The quantitative estimate of drug-likeness (QED) is 0.939. The van der Waals surface area contributed by atoms with Crippen LogP contribution in [0.25, 0.3) is 10.9 Å². The lowest BCUT2D eigenvalue weighted by atomic mass is 10.1. The van der Waals surface area contributed by atoms with Crippen LogP contribution in [0.2, 0.25) is 0 Å². The second kappa shape index (κ2) is 4.54. The number of rotatable bonds is 3. The normalized spacial score (nSPS) is 20.5. The van der Waals surface area contributed by atoms with Crippen LogP contribution in [-0.4, -0.2) is 28.9 Å². The Bertz CT molecular complexity index is 815. The lowest BCUT2D eigenvalue weighted by Crippen LogP contribution is -2.19. The molecule has 21 heavy (non-hydrogen) atoms. The number of aromatic carboxylic acids is 1. The average Bonchev–Trinajstić information content (AvgIpc) is 3.15. The molecule has 3 rings (SSSR count). The van der Waals surface area contributed by atoms with Crippen molar-refractivity contribution in [3.05, 3.63) is 39.9 Å². The highest BCUT2D eigenvalue weighted by molar-refractivity contribution is 5.94. The van der Waals surface area contributed by atoms with Crippen LogP contribution in [0, 0.1) is 11.9 Å². The number of methoxy groups -OCH3 is 1. The first-order chi connectivity index (χ1) is 9.93. The highest BCUT2D eigenvalue weighted by Crippen LogP contribution is 2.42. The van der Waals surface area contributed by atoms with E-state index in [1.54, 1.807) is 0 Å². The van der Waals surface area contributed by atoms with Crippen molar-refractivity contribution < 1.29 is 23.4 Å². The molecule has 7 heteroatoms. The van der Waals surface area contributed by atoms with Crippen LogP contribution in [0.4, 0.5) is 8.78 Å². The van der Waals surface area contributed by atoms with E-state index in [0.717, 1.165) is 12.3 Å². The van der Waals surface area contributed by atoms with Gasteiger partial charge in [-0.2, -0.15) is 0 Å². The number of hydrogen-bond donors (Lipinski definition) is 1. The summed E-state index contributed by atoms with van der Waals surface area (Å²) in [6.07, 6.45) is 0.149. The van der Waals surface area contributed by atoms with Crippen LogP contribution in [0.15, 0.2) is 17.1 Å². The van der Waals surface area contributed by atoms with E-state index in [4.69, 9.17) is 9.84 Å². The number of pyridine rings is 1. The Hall–Kier alpha value is -2.44. The minimum absolute atomic E-state index is 0.0573. The van der Waals surface area contributed by atoms with Crippen LogP contribution < -0.4 is 10.2 Å². The van der Waals surface area contributed by atoms with Crippen molar-refractivity contribution in [3.63, 3.8) is 0 Å². The largest absolute Gasteiger partial charge is 0.494 e. The van der Waals surface area contributed by atoms with Crippen LogP contribution in [0.5, 0.6) is 5.75 Å². The molecule has 0 bridgehead atoms. The fraction of sp³-hybridized carbons (Fsp3) is 0.286. The summed E-state index contributed by atoms with van der Waals surface area (Å²) in [5, 5.41) is 8.91. The summed E-state index contributed by atoms with van der Waals surface area (Å²) in [6.45, 7) is 0.